The van der Waals surface area contributed by atoms with Crippen LogP contribution in [0.1, 0.15) is 45.7 Å². The summed E-state index contributed by atoms with van der Waals surface area (Å²) in [5.41, 5.74) is 6.65. The van der Waals surface area contributed by atoms with Gasteiger partial charge in [0.15, 0.2) is 0 Å². The minimum absolute atomic E-state index is 0. The number of amides is 1. The Morgan fingerprint density at radius 3 is 2.20 bits per heavy atom. The highest BCUT2D eigenvalue weighted by atomic mass is 35.5. The van der Waals surface area contributed by atoms with E-state index in [0.29, 0.717) is 6.42 Å². The lowest BCUT2D eigenvalue weighted by Crippen LogP contribution is -2.31. The van der Waals surface area contributed by atoms with E-state index in [4.69, 9.17) is 10.5 Å². The zero-order valence-corrected chi connectivity index (χ0v) is 13.4. The molecule has 0 fully saturated rings. The quantitative estimate of drug-likeness (QED) is 0.849. The first kappa shape index (κ1) is 18.7. The highest BCUT2D eigenvalue weighted by Crippen LogP contribution is 2.18. The first-order valence-electron chi connectivity index (χ1n) is 6.70. The molecule has 3 N–H and O–H groups in total. The predicted octanol–water partition coefficient (Wildman–Crippen LogP) is 2.81. The molecule has 0 aliphatic rings. The van der Waals surface area contributed by atoms with Gasteiger partial charge in [-0.2, -0.15) is 0 Å². The number of hydrogen-bond acceptors (Lipinski definition) is 3. The van der Waals surface area contributed by atoms with E-state index in [9.17, 15) is 4.79 Å². The monoisotopic (exact) mass is 300 g/mol. The van der Waals surface area contributed by atoms with Crippen molar-refractivity contribution in [3.63, 3.8) is 0 Å². The summed E-state index contributed by atoms with van der Waals surface area (Å²) in [6, 6.07) is 7.63. The van der Waals surface area contributed by atoms with Crippen LogP contribution in [0.3, 0.4) is 0 Å². The number of nitrogens with one attached hydrogen (secondary N) is 1. The number of hydrogen-bond donors (Lipinski definition) is 2. The minimum Gasteiger partial charge on any atom is -0.491 e. The Labute approximate surface area is 127 Å². The zero-order valence-electron chi connectivity index (χ0n) is 12.6. The van der Waals surface area contributed by atoms with Gasteiger partial charge in [0.25, 0.3) is 0 Å². The summed E-state index contributed by atoms with van der Waals surface area (Å²) in [7, 11) is 0. The third-order valence-electron chi connectivity index (χ3n) is 2.64. The smallest absolute Gasteiger partial charge is 0.222 e. The fourth-order valence-corrected chi connectivity index (χ4v) is 1.78. The number of rotatable bonds is 6. The molecule has 0 aromatic heterocycles. The number of halogens is 1. The molecule has 0 saturated carbocycles. The highest BCUT2D eigenvalue weighted by Gasteiger charge is 2.11. The fourth-order valence-electron chi connectivity index (χ4n) is 1.78. The van der Waals surface area contributed by atoms with Crippen LogP contribution in [0.25, 0.3) is 0 Å². The van der Waals surface area contributed by atoms with Crippen molar-refractivity contribution < 1.29 is 9.53 Å². The van der Waals surface area contributed by atoms with Gasteiger partial charge in [-0.05, 0) is 45.4 Å². The van der Waals surface area contributed by atoms with Crippen LogP contribution in [0.4, 0.5) is 0 Å². The second-order valence-corrected chi connectivity index (χ2v) is 5.21. The van der Waals surface area contributed by atoms with Crippen molar-refractivity contribution in [1.29, 1.82) is 0 Å². The van der Waals surface area contributed by atoms with Crippen LogP contribution >= 0.6 is 12.4 Å². The van der Waals surface area contributed by atoms with E-state index >= 15 is 0 Å². The second-order valence-electron chi connectivity index (χ2n) is 5.21. The average molecular weight is 301 g/mol. The number of carbonyl (C=O) groups is 1. The molecule has 20 heavy (non-hydrogen) atoms. The highest BCUT2D eigenvalue weighted by molar-refractivity contribution is 5.85. The van der Waals surface area contributed by atoms with E-state index in [1.54, 1.807) is 0 Å². The van der Waals surface area contributed by atoms with Crippen LogP contribution in [0.2, 0.25) is 0 Å². The Morgan fingerprint density at radius 1 is 1.20 bits per heavy atom. The average Bonchev–Trinajstić information content (AvgIpc) is 2.27. The van der Waals surface area contributed by atoms with Crippen molar-refractivity contribution in [3.8, 4) is 5.75 Å². The Balaban J connectivity index is 0.00000361. The second kappa shape index (κ2) is 8.82. The summed E-state index contributed by atoms with van der Waals surface area (Å²) >= 11 is 0. The Hall–Kier alpha value is -1.26. The Morgan fingerprint density at radius 2 is 1.75 bits per heavy atom. The van der Waals surface area contributed by atoms with Gasteiger partial charge in [0, 0.05) is 12.5 Å². The molecule has 0 saturated heterocycles. The first-order chi connectivity index (χ1) is 8.88. The molecule has 1 aromatic rings. The van der Waals surface area contributed by atoms with Gasteiger partial charge in [0.05, 0.1) is 12.1 Å². The number of carbonyl (C=O) groups excluding carboxylic acids is 1. The van der Waals surface area contributed by atoms with Gasteiger partial charge in [0.2, 0.25) is 5.91 Å². The largest absolute Gasteiger partial charge is 0.491 e. The van der Waals surface area contributed by atoms with Crippen molar-refractivity contribution >= 4 is 18.3 Å². The van der Waals surface area contributed by atoms with Gasteiger partial charge >= 0.3 is 0 Å². The van der Waals surface area contributed by atoms with Gasteiger partial charge < -0.3 is 15.8 Å². The standard InChI is InChI=1S/C15H24N2O2.ClH/c1-10(2)19-14-7-5-13(6-8-14)12(4)17-15(18)9-11(3)16;/h5-8,10-12H,9,16H2,1-4H3,(H,17,18);1H. The first-order valence-corrected chi connectivity index (χ1v) is 6.70. The minimum atomic E-state index is -0.117. The molecule has 0 radical (unpaired) electrons. The molecule has 1 rings (SSSR count). The van der Waals surface area contributed by atoms with E-state index in [1.165, 1.54) is 0 Å². The fraction of sp³-hybridized carbons (Fsp3) is 0.533. The van der Waals surface area contributed by atoms with E-state index < -0.39 is 0 Å². The van der Waals surface area contributed by atoms with Crippen LogP contribution in [-0.4, -0.2) is 18.1 Å². The third kappa shape index (κ3) is 6.78. The Kier molecular flexibility index (Phi) is 8.26. The van der Waals surface area contributed by atoms with Crippen molar-refractivity contribution in [2.75, 3.05) is 0 Å². The lowest BCUT2D eigenvalue weighted by molar-refractivity contribution is -0.122. The van der Waals surface area contributed by atoms with Crippen molar-refractivity contribution in [1.82, 2.24) is 5.32 Å². The van der Waals surface area contributed by atoms with E-state index in [-0.39, 0.29) is 36.5 Å². The summed E-state index contributed by atoms with van der Waals surface area (Å²) in [4.78, 5) is 11.6. The molecule has 1 amide bonds. The zero-order chi connectivity index (χ0) is 14.4. The van der Waals surface area contributed by atoms with Crippen molar-refractivity contribution in [2.24, 2.45) is 5.73 Å². The molecule has 0 aliphatic heterocycles. The van der Waals surface area contributed by atoms with Crippen LogP contribution in [0, 0.1) is 0 Å². The van der Waals surface area contributed by atoms with Gasteiger partial charge in [-0.25, -0.2) is 0 Å². The van der Waals surface area contributed by atoms with E-state index in [1.807, 2.05) is 52.0 Å². The molecule has 0 aliphatic carbocycles. The van der Waals surface area contributed by atoms with Gasteiger partial charge in [-0.3, -0.25) is 4.79 Å². The van der Waals surface area contributed by atoms with Crippen molar-refractivity contribution in [2.45, 2.75) is 52.3 Å². The molecular weight excluding hydrogens is 276 g/mol. The summed E-state index contributed by atoms with van der Waals surface area (Å²) in [5.74, 6) is 0.817. The molecule has 0 heterocycles. The van der Waals surface area contributed by atoms with Crippen LogP contribution in [0.15, 0.2) is 24.3 Å². The maximum Gasteiger partial charge on any atom is 0.222 e. The van der Waals surface area contributed by atoms with Crippen LogP contribution < -0.4 is 15.8 Å². The maximum absolute atomic E-state index is 11.6. The maximum atomic E-state index is 11.6. The normalized spacial score (nSPS) is 13.3. The molecule has 2 unspecified atom stereocenters. The van der Waals surface area contributed by atoms with Gasteiger partial charge in [-0.15, -0.1) is 12.4 Å². The molecule has 1 aromatic carbocycles. The van der Waals surface area contributed by atoms with Crippen molar-refractivity contribution in [3.05, 3.63) is 29.8 Å². The molecule has 4 nitrogen and oxygen atoms in total. The summed E-state index contributed by atoms with van der Waals surface area (Å²) in [6.07, 6.45) is 0.507. The molecule has 0 bridgehead atoms. The van der Waals surface area contributed by atoms with E-state index in [0.717, 1.165) is 11.3 Å². The molecule has 2 atom stereocenters. The number of nitrogens with two attached hydrogens (primary N) is 1. The van der Waals surface area contributed by atoms with E-state index in [2.05, 4.69) is 5.32 Å². The van der Waals surface area contributed by atoms with Crippen LogP contribution in [0.5, 0.6) is 5.75 Å². The SMILES string of the molecule is CC(N)CC(=O)NC(C)c1ccc(OC(C)C)cc1.Cl. The molecule has 0 spiro atoms. The molecule has 5 heteroatoms. The summed E-state index contributed by atoms with van der Waals surface area (Å²) in [5, 5.41) is 2.93. The molecule has 114 valence electrons. The van der Waals surface area contributed by atoms with Gasteiger partial charge in [-0.1, -0.05) is 12.1 Å². The van der Waals surface area contributed by atoms with Gasteiger partial charge in [0.1, 0.15) is 5.75 Å². The van der Waals surface area contributed by atoms with Crippen LogP contribution in [-0.2, 0) is 4.79 Å². The number of ether oxygens (including phenoxy) is 1. The molecular formula is C15H25ClN2O2. The third-order valence-corrected chi connectivity index (χ3v) is 2.64. The lowest BCUT2D eigenvalue weighted by Gasteiger charge is -2.16. The summed E-state index contributed by atoms with van der Waals surface area (Å²) < 4.78 is 5.58. The predicted molar refractivity (Wildman–Crippen MR) is 84.3 cm³/mol. The Bertz CT molecular complexity index is 405. The lowest BCUT2D eigenvalue weighted by atomic mass is 10.1. The summed E-state index contributed by atoms with van der Waals surface area (Å²) in [6.45, 7) is 7.76. The topological polar surface area (TPSA) is 64.4 Å². The number of benzene rings is 1.